The van der Waals surface area contributed by atoms with Crippen LogP contribution in [0.4, 0.5) is 0 Å². The van der Waals surface area contributed by atoms with Gasteiger partial charge < -0.3 is 33.8 Å². The van der Waals surface area contributed by atoms with E-state index in [-0.39, 0.29) is 25.7 Å². The highest BCUT2D eigenvalue weighted by Crippen LogP contribution is 2.45. The zero-order valence-corrected chi connectivity index (χ0v) is 61.3. The maximum atomic E-state index is 13.0. The third-order valence-electron chi connectivity index (χ3n) is 17.7. The Bertz CT molecular complexity index is 1800. The van der Waals surface area contributed by atoms with E-state index in [0.29, 0.717) is 31.6 Å². The molecule has 17 nitrogen and oxygen atoms in total. The van der Waals surface area contributed by atoms with Crippen molar-refractivity contribution in [3.05, 3.63) is 0 Å². The number of rotatable bonds is 69. The summed E-state index contributed by atoms with van der Waals surface area (Å²) in [5, 5.41) is 10.6. The molecule has 0 spiro atoms. The van der Waals surface area contributed by atoms with Gasteiger partial charge >= 0.3 is 39.5 Å². The van der Waals surface area contributed by atoms with Gasteiger partial charge in [-0.1, -0.05) is 306 Å². The molecule has 0 saturated heterocycles. The Hall–Kier alpha value is -1.94. The number of ether oxygens (including phenoxy) is 4. The second-order valence-corrected chi connectivity index (χ2v) is 30.1. The number of phosphoric acid groups is 2. The van der Waals surface area contributed by atoms with E-state index in [2.05, 4.69) is 55.4 Å². The van der Waals surface area contributed by atoms with Crippen LogP contribution in [0.2, 0.25) is 0 Å². The normalized spacial score (nSPS) is 15.1. The van der Waals surface area contributed by atoms with E-state index in [4.69, 9.17) is 37.0 Å². The topological polar surface area (TPSA) is 237 Å². The molecule has 0 amide bonds. The molecule has 540 valence electrons. The molecule has 0 aliphatic heterocycles. The van der Waals surface area contributed by atoms with Crippen molar-refractivity contribution < 1.29 is 80.2 Å². The number of carbonyl (C=O) groups is 4. The molecule has 0 heterocycles. The van der Waals surface area contributed by atoms with Gasteiger partial charge in [-0.25, -0.2) is 9.13 Å². The number of unbranched alkanes of at least 4 members (excludes halogenated alkanes) is 32. The average molecular weight is 1340 g/mol. The number of phosphoric ester groups is 2. The zero-order chi connectivity index (χ0) is 67.5. The third-order valence-corrected chi connectivity index (χ3v) is 19.6. The molecule has 91 heavy (non-hydrogen) atoms. The minimum Gasteiger partial charge on any atom is -0.462 e. The van der Waals surface area contributed by atoms with Gasteiger partial charge in [-0.15, -0.1) is 0 Å². The molecule has 3 N–H and O–H groups in total. The highest BCUT2D eigenvalue weighted by atomic mass is 31.2. The molecule has 0 bridgehead atoms. The van der Waals surface area contributed by atoms with Crippen molar-refractivity contribution in [1.82, 2.24) is 0 Å². The van der Waals surface area contributed by atoms with Gasteiger partial charge in [0.05, 0.1) is 26.4 Å². The van der Waals surface area contributed by atoms with Crippen molar-refractivity contribution in [3.63, 3.8) is 0 Å². The molecule has 0 aromatic carbocycles. The minimum atomic E-state index is -4.96. The molecule has 0 aromatic heterocycles. The van der Waals surface area contributed by atoms with Crippen LogP contribution >= 0.6 is 15.6 Å². The Morgan fingerprint density at radius 2 is 0.527 bits per heavy atom. The third kappa shape index (κ3) is 62.6. The summed E-state index contributed by atoms with van der Waals surface area (Å²) in [6, 6.07) is 0. The van der Waals surface area contributed by atoms with Crippen molar-refractivity contribution >= 4 is 39.5 Å². The maximum Gasteiger partial charge on any atom is 0.472 e. The molecule has 19 heteroatoms. The lowest BCUT2D eigenvalue weighted by molar-refractivity contribution is -0.161. The van der Waals surface area contributed by atoms with Crippen LogP contribution in [0.15, 0.2) is 0 Å². The Morgan fingerprint density at radius 3 is 0.780 bits per heavy atom. The maximum absolute atomic E-state index is 13.0. The fourth-order valence-electron chi connectivity index (χ4n) is 10.7. The number of esters is 4. The van der Waals surface area contributed by atoms with Crippen LogP contribution in [0, 0.1) is 23.7 Å². The lowest BCUT2D eigenvalue weighted by Gasteiger charge is -2.21. The summed E-state index contributed by atoms with van der Waals surface area (Å²) in [6.45, 7) is 14.1. The smallest absolute Gasteiger partial charge is 0.462 e. The summed E-state index contributed by atoms with van der Waals surface area (Å²) in [4.78, 5) is 72.6. The number of aliphatic hydroxyl groups is 1. The number of carbonyl (C=O) groups excluding carboxylic acids is 4. The first-order chi connectivity index (χ1) is 43.7. The average Bonchev–Trinajstić information content (AvgIpc) is 3.57. The van der Waals surface area contributed by atoms with Gasteiger partial charge in [0.15, 0.2) is 12.2 Å². The fraction of sp³-hybridized carbons (Fsp3) is 0.944. The molecule has 8 atom stereocenters. The Morgan fingerprint density at radius 1 is 0.308 bits per heavy atom. The van der Waals surface area contributed by atoms with Gasteiger partial charge in [0, 0.05) is 25.7 Å². The molecule has 0 aliphatic carbocycles. The molecule has 0 saturated carbocycles. The predicted octanol–water partition coefficient (Wildman–Crippen LogP) is 20.5. The molecule has 0 rings (SSSR count). The Balaban J connectivity index is 5.23. The number of hydrogen-bond donors (Lipinski definition) is 3. The molecule has 0 aliphatic rings. The molecular weight excluding hydrogens is 1200 g/mol. The molecule has 5 unspecified atom stereocenters. The summed E-state index contributed by atoms with van der Waals surface area (Å²) in [7, 11) is -9.90. The number of aliphatic hydroxyl groups excluding tert-OH is 1. The minimum absolute atomic E-state index is 0.101. The van der Waals surface area contributed by atoms with Gasteiger partial charge in [-0.2, -0.15) is 0 Å². The van der Waals surface area contributed by atoms with Crippen molar-refractivity contribution in [2.45, 2.75) is 375 Å². The van der Waals surface area contributed by atoms with Gasteiger partial charge in [0.1, 0.15) is 19.3 Å². The van der Waals surface area contributed by atoms with Gasteiger partial charge in [0.2, 0.25) is 0 Å². The summed E-state index contributed by atoms with van der Waals surface area (Å²) < 4.78 is 68.3. The van der Waals surface area contributed by atoms with Crippen molar-refractivity contribution in [3.8, 4) is 0 Å². The van der Waals surface area contributed by atoms with Crippen molar-refractivity contribution in [2.75, 3.05) is 39.6 Å². The highest BCUT2D eigenvalue weighted by Gasteiger charge is 2.30. The fourth-order valence-corrected chi connectivity index (χ4v) is 12.3. The quantitative estimate of drug-likeness (QED) is 0.0222. The van der Waals surface area contributed by atoms with Crippen LogP contribution in [0.25, 0.3) is 0 Å². The molecule has 0 fully saturated rings. The lowest BCUT2D eigenvalue weighted by Crippen LogP contribution is -2.30. The van der Waals surface area contributed by atoms with Crippen LogP contribution in [0.1, 0.15) is 357 Å². The first-order valence-electron chi connectivity index (χ1n) is 37.3. The molecular formula is C72H140O17P2. The predicted molar refractivity (Wildman–Crippen MR) is 367 cm³/mol. The van der Waals surface area contributed by atoms with Gasteiger partial charge in [-0.3, -0.25) is 37.3 Å². The Kier molecular flexibility index (Phi) is 60.3. The van der Waals surface area contributed by atoms with E-state index in [9.17, 15) is 43.2 Å². The first kappa shape index (κ1) is 89.1. The zero-order valence-electron chi connectivity index (χ0n) is 59.5. The summed E-state index contributed by atoms with van der Waals surface area (Å²) in [5.74, 6) is 0.924. The van der Waals surface area contributed by atoms with E-state index < -0.39 is 97.5 Å². The van der Waals surface area contributed by atoms with E-state index in [1.807, 2.05) is 0 Å². The van der Waals surface area contributed by atoms with Crippen molar-refractivity contribution in [2.24, 2.45) is 23.7 Å². The van der Waals surface area contributed by atoms with E-state index >= 15 is 0 Å². The van der Waals surface area contributed by atoms with Crippen molar-refractivity contribution in [1.29, 1.82) is 0 Å². The van der Waals surface area contributed by atoms with Gasteiger partial charge in [-0.05, 0) is 49.4 Å². The van der Waals surface area contributed by atoms with Crippen LogP contribution in [0.3, 0.4) is 0 Å². The van der Waals surface area contributed by atoms with E-state index in [1.165, 1.54) is 154 Å². The summed E-state index contributed by atoms with van der Waals surface area (Å²) >= 11 is 0. The monoisotopic (exact) mass is 1340 g/mol. The second-order valence-electron chi connectivity index (χ2n) is 27.2. The standard InChI is InChI=1S/C72H140O17P2/c1-9-63(6)49-41-33-24-20-16-14-12-13-15-17-23-27-38-46-54-71(76)88-67(58-82-69(74)52-44-36-26-22-19-18-21-25-34-42-50-64(7)10-2)60-86-90(78,79)84-56-66(73)57-85-91(80,81)87-61-68(89-72(77)55-47-39-30-28-32-40-48-62(4)5)59-83-70(75)53-45-37-31-29-35-43-51-65(8)11-3/h62-68,73H,9-61H2,1-8H3,(H,78,79)(H,80,81)/t63?,64?,65?,66-,67-,68-/m1/s1. The number of hydrogen-bond acceptors (Lipinski definition) is 15. The second kappa shape index (κ2) is 61.6. The van der Waals surface area contributed by atoms with Crippen LogP contribution in [0.5, 0.6) is 0 Å². The summed E-state index contributed by atoms with van der Waals surface area (Å²) in [6.07, 6.45) is 44.5. The van der Waals surface area contributed by atoms with Gasteiger partial charge in [0.25, 0.3) is 0 Å². The van der Waals surface area contributed by atoms with E-state index in [0.717, 1.165) is 114 Å². The van der Waals surface area contributed by atoms with E-state index in [1.54, 1.807) is 0 Å². The largest absolute Gasteiger partial charge is 0.472 e. The van der Waals surface area contributed by atoms with Crippen LogP contribution in [-0.2, 0) is 65.4 Å². The molecule has 0 aromatic rings. The Labute approximate surface area is 556 Å². The highest BCUT2D eigenvalue weighted by molar-refractivity contribution is 7.47. The molecule has 0 radical (unpaired) electrons. The van der Waals surface area contributed by atoms with Crippen LogP contribution in [-0.4, -0.2) is 96.7 Å². The first-order valence-corrected chi connectivity index (χ1v) is 40.3. The van der Waals surface area contributed by atoms with Crippen LogP contribution < -0.4 is 0 Å². The summed E-state index contributed by atoms with van der Waals surface area (Å²) in [5.41, 5.74) is 0. The lowest BCUT2D eigenvalue weighted by atomic mass is 9.99. The SMILES string of the molecule is CCC(C)CCCCCCCCCCCCCCCCC(=O)O[C@H](COC(=O)CCCCCCCCCCCCC(C)CC)COP(=O)(O)OC[C@@H](O)COP(=O)(O)OC[C@@H](COC(=O)CCCCCCCCC(C)CC)OC(=O)CCCCCCCCC(C)C.